The summed E-state index contributed by atoms with van der Waals surface area (Å²) in [6.45, 7) is 3.99. The molecular weight excluding hydrogens is 448 g/mol. The minimum Gasteiger partial charge on any atom is -0.349 e. The van der Waals surface area contributed by atoms with Crippen LogP contribution in [0.25, 0.3) is 22.3 Å². The minimum atomic E-state index is -3.09. The van der Waals surface area contributed by atoms with Gasteiger partial charge in [0.2, 0.25) is 0 Å². The first-order valence-electron chi connectivity index (χ1n) is 12.3. The van der Waals surface area contributed by atoms with Crippen LogP contribution in [0.3, 0.4) is 0 Å². The molecule has 1 atom stereocenters. The van der Waals surface area contributed by atoms with Gasteiger partial charge in [-0.1, -0.05) is 50.5 Å². The number of sulfone groups is 1. The zero-order valence-corrected chi connectivity index (χ0v) is 20.7. The van der Waals surface area contributed by atoms with Gasteiger partial charge in [0, 0.05) is 11.6 Å². The van der Waals surface area contributed by atoms with Crippen LogP contribution in [0.5, 0.6) is 0 Å². The molecule has 34 heavy (non-hydrogen) atoms. The molecule has 2 aliphatic rings. The van der Waals surface area contributed by atoms with E-state index in [9.17, 15) is 13.2 Å². The van der Waals surface area contributed by atoms with Crippen molar-refractivity contribution in [2.75, 3.05) is 11.5 Å². The Hall–Kier alpha value is -2.74. The van der Waals surface area contributed by atoms with Crippen LogP contribution < -0.4 is 5.32 Å². The first-order valence-corrected chi connectivity index (χ1v) is 14.2. The third kappa shape index (κ3) is 4.48. The van der Waals surface area contributed by atoms with Crippen molar-refractivity contribution in [3.8, 4) is 11.3 Å². The molecule has 8 heteroatoms. The van der Waals surface area contributed by atoms with Crippen molar-refractivity contribution in [3.63, 3.8) is 0 Å². The number of carbonyl (C=O) groups is 1. The quantitative estimate of drug-likeness (QED) is 0.584. The highest BCUT2D eigenvalue weighted by molar-refractivity contribution is 7.91. The van der Waals surface area contributed by atoms with E-state index < -0.39 is 9.84 Å². The summed E-state index contributed by atoms with van der Waals surface area (Å²) in [5, 5.41) is 8.66. The number of aryl methyl sites for hydroxylation is 2. The Bertz CT molecular complexity index is 1320. The van der Waals surface area contributed by atoms with Gasteiger partial charge in [-0.2, -0.15) is 5.10 Å². The Morgan fingerprint density at radius 3 is 2.50 bits per heavy atom. The Labute approximate surface area is 200 Å². The SMILES string of the molecule is CCc1ccc(-c2cc(C(=O)NC3CCCCC3)c3c(C)nn(C4CCS(=O)(=O)C4)c3n2)cc1. The van der Waals surface area contributed by atoms with Gasteiger partial charge >= 0.3 is 0 Å². The summed E-state index contributed by atoms with van der Waals surface area (Å²) in [6.07, 6.45) is 6.97. The number of nitrogens with one attached hydrogen (secondary N) is 1. The fraction of sp³-hybridized carbons (Fsp3) is 0.500. The van der Waals surface area contributed by atoms with Gasteiger partial charge in [-0.15, -0.1) is 0 Å². The first kappa shape index (κ1) is 23.0. The van der Waals surface area contributed by atoms with Crippen LogP contribution in [-0.2, 0) is 16.3 Å². The third-order valence-corrected chi connectivity index (χ3v) is 8.98. The molecule has 7 nitrogen and oxygen atoms in total. The fourth-order valence-electron chi connectivity index (χ4n) is 5.28. The van der Waals surface area contributed by atoms with Crippen LogP contribution in [-0.4, -0.2) is 46.6 Å². The summed E-state index contributed by atoms with van der Waals surface area (Å²) < 4.78 is 26.1. The molecule has 0 spiro atoms. The van der Waals surface area contributed by atoms with Gasteiger partial charge in [-0.05, 0) is 44.2 Å². The zero-order chi connectivity index (χ0) is 23.9. The molecule has 1 aliphatic carbocycles. The van der Waals surface area contributed by atoms with E-state index >= 15 is 0 Å². The minimum absolute atomic E-state index is 0.0595. The van der Waals surface area contributed by atoms with E-state index in [2.05, 4.69) is 24.4 Å². The number of benzene rings is 1. The van der Waals surface area contributed by atoms with Crippen LogP contribution in [0.1, 0.15) is 73.1 Å². The van der Waals surface area contributed by atoms with Gasteiger partial charge in [0.15, 0.2) is 15.5 Å². The highest BCUT2D eigenvalue weighted by Gasteiger charge is 2.32. The molecular formula is C26H32N4O3S. The molecule has 2 fully saturated rings. The Morgan fingerprint density at radius 2 is 1.85 bits per heavy atom. The van der Waals surface area contributed by atoms with Crippen molar-refractivity contribution in [3.05, 3.63) is 47.2 Å². The lowest BCUT2D eigenvalue weighted by Gasteiger charge is -2.23. The molecule has 0 radical (unpaired) electrons. The highest BCUT2D eigenvalue weighted by atomic mass is 32.2. The van der Waals surface area contributed by atoms with E-state index in [1.165, 1.54) is 12.0 Å². The molecule has 1 aliphatic heterocycles. The molecule has 1 saturated heterocycles. The Kier molecular flexibility index (Phi) is 6.18. The molecule has 1 saturated carbocycles. The van der Waals surface area contributed by atoms with Gasteiger partial charge in [0.05, 0.1) is 39.9 Å². The van der Waals surface area contributed by atoms with Crippen molar-refractivity contribution >= 4 is 26.8 Å². The standard InChI is InChI=1S/C26H32N4O3S/c1-3-18-9-11-19(12-10-18)23-15-22(26(31)27-20-7-5-4-6-8-20)24-17(2)29-30(25(24)28-23)21-13-14-34(32,33)16-21/h9-12,15,20-21H,3-8,13-14,16H2,1-2H3,(H,27,31). The normalized spacial score (nSPS) is 20.6. The summed E-state index contributed by atoms with van der Waals surface area (Å²) in [5.74, 6) is 0.113. The van der Waals surface area contributed by atoms with Crippen molar-refractivity contribution < 1.29 is 13.2 Å². The number of hydrogen-bond acceptors (Lipinski definition) is 5. The summed E-state index contributed by atoms with van der Waals surface area (Å²) in [7, 11) is -3.09. The second-order valence-corrected chi connectivity index (χ2v) is 11.9. The lowest BCUT2D eigenvalue weighted by atomic mass is 9.95. The lowest BCUT2D eigenvalue weighted by molar-refractivity contribution is 0.0929. The second-order valence-electron chi connectivity index (χ2n) is 9.70. The second kappa shape index (κ2) is 9.13. The van der Waals surface area contributed by atoms with Gasteiger partial charge < -0.3 is 5.32 Å². The number of aromatic nitrogens is 3. The van der Waals surface area contributed by atoms with E-state index in [4.69, 9.17) is 10.1 Å². The largest absolute Gasteiger partial charge is 0.349 e. The van der Waals surface area contributed by atoms with Crippen molar-refractivity contribution in [1.82, 2.24) is 20.1 Å². The molecule has 3 aromatic rings. The maximum absolute atomic E-state index is 13.5. The summed E-state index contributed by atoms with van der Waals surface area (Å²) in [4.78, 5) is 18.5. The smallest absolute Gasteiger partial charge is 0.252 e. The van der Waals surface area contributed by atoms with Crippen LogP contribution in [0, 0.1) is 6.92 Å². The molecule has 3 heterocycles. The fourth-order valence-corrected chi connectivity index (χ4v) is 6.98. The highest BCUT2D eigenvalue weighted by Crippen LogP contribution is 2.32. The molecule has 1 amide bonds. The van der Waals surface area contributed by atoms with Crippen LogP contribution in [0.2, 0.25) is 0 Å². The zero-order valence-electron chi connectivity index (χ0n) is 19.9. The number of rotatable bonds is 5. The molecule has 1 unspecified atom stereocenters. The molecule has 1 N–H and O–H groups in total. The molecule has 1 aromatic carbocycles. The summed E-state index contributed by atoms with van der Waals surface area (Å²) >= 11 is 0. The number of nitrogens with zero attached hydrogens (tertiary/aromatic N) is 3. The van der Waals surface area contributed by atoms with E-state index in [1.807, 2.05) is 25.1 Å². The van der Waals surface area contributed by atoms with Crippen LogP contribution in [0.15, 0.2) is 30.3 Å². The maximum atomic E-state index is 13.5. The predicted molar refractivity (Wildman–Crippen MR) is 134 cm³/mol. The number of amides is 1. The molecule has 2 aromatic heterocycles. The first-order chi connectivity index (χ1) is 16.3. The molecule has 5 rings (SSSR count). The predicted octanol–water partition coefficient (Wildman–Crippen LogP) is 4.39. The third-order valence-electron chi connectivity index (χ3n) is 7.23. The van der Waals surface area contributed by atoms with E-state index in [1.54, 1.807) is 4.68 Å². The van der Waals surface area contributed by atoms with E-state index in [0.717, 1.165) is 37.7 Å². The van der Waals surface area contributed by atoms with Gasteiger partial charge in [0.25, 0.3) is 5.91 Å². The molecule has 180 valence electrons. The Morgan fingerprint density at radius 1 is 1.12 bits per heavy atom. The lowest BCUT2D eigenvalue weighted by Crippen LogP contribution is -2.36. The van der Waals surface area contributed by atoms with Crippen molar-refractivity contribution in [1.29, 1.82) is 0 Å². The van der Waals surface area contributed by atoms with Crippen molar-refractivity contribution in [2.45, 2.75) is 70.9 Å². The number of fused-ring (bicyclic) bond motifs is 1. The van der Waals surface area contributed by atoms with E-state index in [0.29, 0.717) is 34.4 Å². The topological polar surface area (TPSA) is 94.0 Å². The Balaban J connectivity index is 1.63. The van der Waals surface area contributed by atoms with Crippen LogP contribution >= 0.6 is 0 Å². The van der Waals surface area contributed by atoms with Gasteiger partial charge in [0.1, 0.15) is 0 Å². The number of carbonyl (C=O) groups excluding carboxylic acids is 1. The summed E-state index contributed by atoms with van der Waals surface area (Å²) in [6, 6.07) is 10.0. The number of hydrogen-bond donors (Lipinski definition) is 1. The maximum Gasteiger partial charge on any atom is 0.252 e. The van der Waals surface area contributed by atoms with Crippen molar-refractivity contribution in [2.24, 2.45) is 0 Å². The summed E-state index contributed by atoms with van der Waals surface area (Å²) in [5.41, 5.74) is 4.71. The van der Waals surface area contributed by atoms with Gasteiger partial charge in [-0.25, -0.2) is 18.1 Å². The number of pyridine rings is 1. The monoisotopic (exact) mass is 480 g/mol. The van der Waals surface area contributed by atoms with Gasteiger partial charge in [-0.3, -0.25) is 4.79 Å². The van der Waals surface area contributed by atoms with Crippen LogP contribution in [0.4, 0.5) is 0 Å². The average molecular weight is 481 g/mol. The van der Waals surface area contributed by atoms with E-state index in [-0.39, 0.29) is 29.5 Å². The average Bonchev–Trinajstić information content (AvgIpc) is 3.37. The molecule has 0 bridgehead atoms.